The largest absolute Gasteiger partial charge is 0.451 e. The molecular formula is C20H24N4O3. The van der Waals surface area contributed by atoms with Crippen LogP contribution in [0.2, 0.25) is 0 Å². The first kappa shape index (κ1) is 18.7. The quantitative estimate of drug-likeness (QED) is 0.820. The van der Waals surface area contributed by atoms with Gasteiger partial charge < -0.3 is 19.2 Å². The van der Waals surface area contributed by atoms with E-state index >= 15 is 0 Å². The highest BCUT2D eigenvalue weighted by molar-refractivity contribution is 5.93. The van der Waals surface area contributed by atoms with Crippen LogP contribution in [0.4, 0.5) is 0 Å². The summed E-state index contributed by atoms with van der Waals surface area (Å²) in [5.41, 5.74) is 1.35. The number of oxazole rings is 1. The number of nitrogens with zero attached hydrogens (tertiary/aromatic N) is 3. The van der Waals surface area contributed by atoms with Crippen molar-refractivity contribution >= 4 is 24.0 Å². The molecule has 2 aromatic heterocycles. The van der Waals surface area contributed by atoms with E-state index in [-0.39, 0.29) is 23.3 Å². The first-order valence-electron chi connectivity index (χ1n) is 8.79. The van der Waals surface area contributed by atoms with Gasteiger partial charge in [0.1, 0.15) is 12.0 Å². The number of aromatic nitrogens is 2. The number of amides is 2. The summed E-state index contributed by atoms with van der Waals surface area (Å²) in [7, 11) is 1.94. The Balaban J connectivity index is 1.58. The van der Waals surface area contributed by atoms with Gasteiger partial charge in [0.25, 0.3) is 0 Å². The molecular weight excluding hydrogens is 344 g/mol. The first-order chi connectivity index (χ1) is 12.8. The van der Waals surface area contributed by atoms with Crippen molar-refractivity contribution in [2.75, 3.05) is 13.1 Å². The van der Waals surface area contributed by atoms with Crippen molar-refractivity contribution in [3.05, 3.63) is 54.5 Å². The Labute approximate surface area is 158 Å². The minimum atomic E-state index is -0.217. The van der Waals surface area contributed by atoms with Crippen LogP contribution < -0.4 is 5.32 Å². The third-order valence-electron chi connectivity index (χ3n) is 4.70. The fourth-order valence-electron chi connectivity index (χ4n) is 3.12. The van der Waals surface area contributed by atoms with Gasteiger partial charge in [0.05, 0.1) is 6.04 Å². The molecule has 1 saturated heterocycles. The predicted molar refractivity (Wildman–Crippen MR) is 102 cm³/mol. The third-order valence-corrected chi connectivity index (χ3v) is 4.70. The molecule has 1 N–H and O–H groups in total. The van der Waals surface area contributed by atoms with Gasteiger partial charge in [-0.3, -0.25) is 9.59 Å². The average Bonchev–Trinajstić information content (AvgIpc) is 3.33. The monoisotopic (exact) mass is 368 g/mol. The molecule has 1 aliphatic rings. The van der Waals surface area contributed by atoms with Gasteiger partial charge in [-0.05, 0) is 23.8 Å². The lowest BCUT2D eigenvalue weighted by molar-refractivity contribution is -0.125. The predicted octanol–water partition coefficient (Wildman–Crippen LogP) is 2.09. The van der Waals surface area contributed by atoms with E-state index in [9.17, 15) is 9.59 Å². The normalized spacial score (nSPS) is 19.2. The fraction of sp³-hybridized carbons (Fsp3) is 0.350. The molecule has 2 amide bonds. The molecule has 1 fully saturated rings. The lowest BCUT2D eigenvalue weighted by Gasteiger charge is -2.25. The van der Waals surface area contributed by atoms with Crippen molar-refractivity contribution in [1.82, 2.24) is 19.8 Å². The van der Waals surface area contributed by atoms with Crippen molar-refractivity contribution in [2.45, 2.75) is 19.9 Å². The summed E-state index contributed by atoms with van der Waals surface area (Å²) in [5.74, 6) is -0.271. The first-order valence-corrected chi connectivity index (χ1v) is 8.79. The lowest BCUT2D eigenvalue weighted by Crippen LogP contribution is -2.43. The molecule has 3 rings (SSSR count). The van der Waals surface area contributed by atoms with Crippen LogP contribution in [-0.4, -0.2) is 45.4 Å². The van der Waals surface area contributed by atoms with Crippen LogP contribution in [0.1, 0.15) is 25.1 Å². The SMILES string of the molecule is Cn1ccc(/C=C/C(=O)N2CC(NC(=O)/C=C/c3cocn3)C(C)(C)C2)c1. The van der Waals surface area contributed by atoms with Gasteiger partial charge in [-0.2, -0.15) is 0 Å². The second-order valence-corrected chi connectivity index (χ2v) is 7.46. The van der Waals surface area contributed by atoms with E-state index in [1.807, 2.05) is 50.0 Å². The summed E-state index contributed by atoms with van der Waals surface area (Å²) in [6, 6.07) is 1.82. The van der Waals surface area contributed by atoms with E-state index in [1.165, 1.54) is 18.7 Å². The molecule has 7 heteroatoms. The highest BCUT2D eigenvalue weighted by atomic mass is 16.3. The highest BCUT2D eigenvalue weighted by Crippen LogP contribution is 2.30. The Bertz CT molecular complexity index is 862. The molecule has 3 heterocycles. The van der Waals surface area contributed by atoms with Gasteiger partial charge in [0, 0.05) is 50.1 Å². The average molecular weight is 368 g/mol. The smallest absolute Gasteiger partial charge is 0.246 e. The molecule has 142 valence electrons. The molecule has 1 atom stereocenters. The van der Waals surface area contributed by atoms with E-state index in [0.29, 0.717) is 18.8 Å². The maximum absolute atomic E-state index is 12.5. The van der Waals surface area contributed by atoms with Crippen LogP contribution in [0, 0.1) is 5.41 Å². The second kappa shape index (κ2) is 7.65. The summed E-state index contributed by atoms with van der Waals surface area (Å²) >= 11 is 0. The number of hydrogen-bond donors (Lipinski definition) is 1. The van der Waals surface area contributed by atoms with Crippen LogP contribution in [0.3, 0.4) is 0 Å². The Morgan fingerprint density at radius 1 is 1.33 bits per heavy atom. The van der Waals surface area contributed by atoms with Crippen LogP contribution >= 0.6 is 0 Å². The van der Waals surface area contributed by atoms with Crippen molar-refractivity contribution < 1.29 is 14.0 Å². The number of rotatable bonds is 5. The number of aryl methyl sites for hydroxylation is 1. The Kier molecular flexibility index (Phi) is 5.30. The summed E-state index contributed by atoms with van der Waals surface area (Å²) in [4.78, 5) is 30.4. The number of carbonyl (C=O) groups excluding carboxylic acids is 2. The summed E-state index contributed by atoms with van der Waals surface area (Å²) in [6.45, 7) is 5.17. The Hall–Kier alpha value is -3.09. The molecule has 0 aliphatic carbocycles. The topological polar surface area (TPSA) is 80.4 Å². The molecule has 27 heavy (non-hydrogen) atoms. The van der Waals surface area contributed by atoms with Crippen molar-refractivity contribution in [2.24, 2.45) is 12.5 Å². The molecule has 0 aromatic carbocycles. The number of hydrogen-bond acceptors (Lipinski definition) is 4. The van der Waals surface area contributed by atoms with Crippen LogP contribution in [-0.2, 0) is 16.6 Å². The number of nitrogens with one attached hydrogen (secondary N) is 1. The highest BCUT2D eigenvalue weighted by Gasteiger charge is 2.41. The van der Waals surface area contributed by atoms with Crippen molar-refractivity contribution in [3.63, 3.8) is 0 Å². The summed E-state index contributed by atoms with van der Waals surface area (Å²) < 4.78 is 6.80. The van der Waals surface area contributed by atoms with E-state index in [0.717, 1.165) is 5.56 Å². The molecule has 2 aromatic rings. The Morgan fingerprint density at radius 3 is 2.81 bits per heavy atom. The van der Waals surface area contributed by atoms with Crippen molar-refractivity contribution in [3.8, 4) is 0 Å². The van der Waals surface area contributed by atoms with E-state index in [2.05, 4.69) is 10.3 Å². The van der Waals surface area contributed by atoms with Gasteiger partial charge in [0.15, 0.2) is 6.39 Å². The van der Waals surface area contributed by atoms with Crippen LogP contribution in [0.15, 0.2) is 47.7 Å². The van der Waals surface area contributed by atoms with E-state index in [4.69, 9.17) is 4.42 Å². The molecule has 0 radical (unpaired) electrons. The Morgan fingerprint density at radius 2 is 2.15 bits per heavy atom. The third kappa shape index (κ3) is 4.75. The zero-order valence-corrected chi connectivity index (χ0v) is 15.8. The standard InChI is InChI=1S/C20H24N4O3/c1-20(2)13-24(19(26)7-4-15-8-9-23(3)10-15)11-17(20)22-18(25)6-5-16-12-27-14-21-16/h4-10,12,14,17H,11,13H2,1-3H3,(H,22,25)/b6-5+,7-4+. The van der Waals surface area contributed by atoms with Gasteiger partial charge in [-0.1, -0.05) is 13.8 Å². The van der Waals surface area contributed by atoms with Gasteiger partial charge in [0.2, 0.25) is 11.8 Å². The molecule has 0 bridgehead atoms. The molecule has 7 nitrogen and oxygen atoms in total. The minimum Gasteiger partial charge on any atom is -0.451 e. The number of carbonyl (C=O) groups is 2. The zero-order valence-electron chi connectivity index (χ0n) is 15.8. The number of likely N-dealkylation sites (tertiary alicyclic amines) is 1. The minimum absolute atomic E-state index is 0.0539. The molecule has 0 spiro atoms. The summed E-state index contributed by atoms with van der Waals surface area (Å²) in [5, 5.41) is 2.99. The molecule has 1 unspecified atom stereocenters. The molecule has 0 saturated carbocycles. The second-order valence-electron chi connectivity index (χ2n) is 7.46. The fourth-order valence-corrected chi connectivity index (χ4v) is 3.12. The maximum Gasteiger partial charge on any atom is 0.246 e. The van der Waals surface area contributed by atoms with Crippen molar-refractivity contribution in [1.29, 1.82) is 0 Å². The van der Waals surface area contributed by atoms with Crippen LogP contribution in [0.25, 0.3) is 12.2 Å². The van der Waals surface area contributed by atoms with Crippen LogP contribution in [0.5, 0.6) is 0 Å². The maximum atomic E-state index is 12.5. The van der Waals surface area contributed by atoms with E-state index < -0.39 is 0 Å². The van der Waals surface area contributed by atoms with Gasteiger partial charge in [-0.25, -0.2) is 4.98 Å². The van der Waals surface area contributed by atoms with Gasteiger partial charge in [-0.15, -0.1) is 0 Å². The lowest BCUT2D eigenvalue weighted by atomic mass is 9.88. The summed E-state index contributed by atoms with van der Waals surface area (Å²) in [6.07, 6.45) is 13.1. The molecule has 1 aliphatic heterocycles. The van der Waals surface area contributed by atoms with Gasteiger partial charge >= 0.3 is 0 Å². The van der Waals surface area contributed by atoms with E-state index in [1.54, 1.807) is 17.1 Å². The zero-order chi connectivity index (χ0) is 19.4.